The minimum atomic E-state index is -0.418. The third kappa shape index (κ3) is 5.88. The van der Waals surface area contributed by atoms with E-state index in [0.29, 0.717) is 19.6 Å². The van der Waals surface area contributed by atoms with Gasteiger partial charge in [-0.25, -0.2) is 4.79 Å². The van der Waals surface area contributed by atoms with Crippen molar-refractivity contribution >= 4 is 16.7 Å². The Morgan fingerprint density at radius 2 is 1.55 bits per heavy atom. The molecule has 0 heterocycles. The molecule has 0 saturated carbocycles. The highest BCUT2D eigenvalue weighted by Gasteiger charge is 1.99. The third-order valence-corrected chi connectivity index (χ3v) is 4.22. The molecule has 0 fully saturated rings. The molecule has 29 heavy (non-hydrogen) atoms. The van der Waals surface area contributed by atoms with Crippen molar-refractivity contribution in [2.45, 2.75) is 6.42 Å². The van der Waals surface area contributed by atoms with E-state index in [1.54, 1.807) is 7.11 Å². The second kappa shape index (κ2) is 10.0. The van der Waals surface area contributed by atoms with Crippen molar-refractivity contribution in [2.75, 3.05) is 20.3 Å². The third-order valence-electron chi connectivity index (χ3n) is 4.22. The summed E-state index contributed by atoms with van der Waals surface area (Å²) in [4.78, 5) is 10.9. The molecule has 0 aromatic heterocycles. The quantitative estimate of drug-likeness (QED) is 0.254. The van der Waals surface area contributed by atoms with Crippen LogP contribution in [0.2, 0.25) is 0 Å². The fourth-order valence-corrected chi connectivity index (χ4v) is 2.69. The molecular formula is C25H22O4. The van der Waals surface area contributed by atoms with Crippen LogP contribution < -0.4 is 9.47 Å². The minimum Gasteiger partial charge on any atom is -0.497 e. The molecule has 0 aliphatic heterocycles. The highest BCUT2D eigenvalue weighted by Crippen LogP contribution is 2.21. The maximum Gasteiger partial charge on any atom is 0.330 e. The van der Waals surface area contributed by atoms with Crippen LogP contribution in [0.15, 0.2) is 73.3 Å². The van der Waals surface area contributed by atoms with Crippen LogP contribution in [-0.2, 0) is 9.53 Å². The van der Waals surface area contributed by atoms with E-state index in [1.165, 1.54) is 0 Å². The maximum absolute atomic E-state index is 10.9. The first kappa shape index (κ1) is 20.0. The number of carbonyl (C=O) groups excluding carboxylic acids is 1. The van der Waals surface area contributed by atoms with Crippen molar-refractivity contribution in [3.63, 3.8) is 0 Å². The molecule has 3 aromatic rings. The van der Waals surface area contributed by atoms with Crippen molar-refractivity contribution in [1.29, 1.82) is 0 Å². The number of ether oxygens (including phenoxy) is 3. The molecule has 3 rings (SSSR count). The Morgan fingerprint density at radius 3 is 2.31 bits per heavy atom. The van der Waals surface area contributed by atoms with Gasteiger partial charge in [-0.05, 0) is 59.3 Å². The highest BCUT2D eigenvalue weighted by atomic mass is 16.5. The number of carbonyl (C=O) groups is 1. The van der Waals surface area contributed by atoms with Gasteiger partial charge in [-0.1, -0.05) is 30.6 Å². The number of benzene rings is 3. The van der Waals surface area contributed by atoms with Crippen molar-refractivity contribution in [3.05, 3.63) is 84.4 Å². The van der Waals surface area contributed by atoms with Gasteiger partial charge in [0.25, 0.3) is 0 Å². The van der Waals surface area contributed by atoms with Gasteiger partial charge >= 0.3 is 5.97 Å². The van der Waals surface area contributed by atoms with Gasteiger partial charge in [0.2, 0.25) is 0 Å². The predicted octanol–water partition coefficient (Wildman–Crippen LogP) is 4.75. The van der Waals surface area contributed by atoms with Crippen molar-refractivity contribution in [2.24, 2.45) is 0 Å². The monoisotopic (exact) mass is 386 g/mol. The molecule has 0 saturated heterocycles. The Kier molecular flexibility index (Phi) is 6.91. The van der Waals surface area contributed by atoms with Gasteiger partial charge in [-0.2, -0.15) is 0 Å². The van der Waals surface area contributed by atoms with Crippen LogP contribution in [0.1, 0.15) is 17.5 Å². The average Bonchev–Trinajstić information content (AvgIpc) is 2.77. The van der Waals surface area contributed by atoms with Crippen LogP contribution in [0.4, 0.5) is 0 Å². The van der Waals surface area contributed by atoms with Gasteiger partial charge < -0.3 is 14.2 Å². The van der Waals surface area contributed by atoms with E-state index in [1.807, 2.05) is 54.6 Å². The number of rotatable bonds is 7. The first-order valence-electron chi connectivity index (χ1n) is 9.30. The highest BCUT2D eigenvalue weighted by molar-refractivity contribution is 5.85. The van der Waals surface area contributed by atoms with Crippen LogP contribution in [0.25, 0.3) is 10.8 Å². The lowest BCUT2D eigenvalue weighted by atomic mass is 10.1. The number of hydrogen-bond acceptors (Lipinski definition) is 4. The van der Waals surface area contributed by atoms with Gasteiger partial charge in [-0.3, -0.25) is 0 Å². The lowest BCUT2D eigenvalue weighted by Crippen LogP contribution is -2.06. The molecule has 0 bridgehead atoms. The smallest absolute Gasteiger partial charge is 0.330 e. The van der Waals surface area contributed by atoms with Gasteiger partial charge in [0.1, 0.15) is 11.5 Å². The van der Waals surface area contributed by atoms with E-state index in [2.05, 4.69) is 24.5 Å². The molecule has 146 valence electrons. The zero-order valence-corrected chi connectivity index (χ0v) is 16.3. The van der Waals surface area contributed by atoms with Crippen LogP contribution in [0, 0.1) is 11.8 Å². The molecule has 0 N–H and O–H groups in total. The molecule has 4 nitrogen and oxygen atoms in total. The molecule has 0 atom stereocenters. The van der Waals surface area contributed by atoms with Gasteiger partial charge in [0.15, 0.2) is 0 Å². The second-order valence-electron chi connectivity index (χ2n) is 6.28. The Balaban J connectivity index is 1.56. The molecule has 0 aliphatic carbocycles. The van der Waals surface area contributed by atoms with Crippen molar-refractivity contribution in [3.8, 4) is 23.3 Å². The summed E-state index contributed by atoms with van der Waals surface area (Å²) < 4.78 is 15.8. The fourth-order valence-electron chi connectivity index (χ4n) is 2.69. The average molecular weight is 386 g/mol. The van der Waals surface area contributed by atoms with E-state index >= 15 is 0 Å². The molecular weight excluding hydrogens is 364 g/mol. The number of methoxy groups -OCH3 is 1. The zero-order chi connectivity index (χ0) is 20.5. The summed E-state index contributed by atoms with van der Waals surface area (Å²) in [7, 11) is 1.66. The fraction of sp³-hybridized carbons (Fsp3) is 0.160. The van der Waals surface area contributed by atoms with Crippen LogP contribution in [-0.4, -0.2) is 26.3 Å². The lowest BCUT2D eigenvalue weighted by Gasteiger charge is -2.06. The molecule has 4 heteroatoms. The number of hydrogen-bond donors (Lipinski definition) is 0. The summed E-state index contributed by atoms with van der Waals surface area (Å²) >= 11 is 0. The second-order valence-corrected chi connectivity index (χ2v) is 6.28. The first-order valence-corrected chi connectivity index (χ1v) is 9.30. The molecule has 0 aliphatic rings. The summed E-state index contributed by atoms with van der Waals surface area (Å²) in [5, 5.41) is 2.25. The molecule has 3 aromatic carbocycles. The molecule has 0 spiro atoms. The first-order chi connectivity index (χ1) is 14.2. The topological polar surface area (TPSA) is 44.8 Å². The van der Waals surface area contributed by atoms with Crippen molar-refractivity contribution in [1.82, 2.24) is 0 Å². The SMILES string of the molecule is C=CC(=O)OCCCOc1ccc(C#Cc2ccc3cc(OC)ccc3c2)cc1. The Labute approximate surface area is 170 Å². The summed E-state index contributed by atoms with van der Waals surface area (Å²) in [6, 6.07) is 19.7. The molecule has 0 amide bonds. The standard InChI is InChI=1S/C25H22O4/c1-3-25(26)29-16-4-15-28-23-12-8-19(9-13-23)5-6-20-7-10-22-18-24(27-2)14-11-21(22)17-20/h3,7-14,17-18H,1,4,15-16H2,2H3. The lowest BCUT2D eigenvalue weighted by molar-refractivity contribution is -0.137. The van der Waals surface area contributed by atoms with Crippen LogP contribution >= 0.6 is 0 Å². The predicted molar refractivity (Wildman–Crippen MR) is 114 cm³/mol. The largest absolute Gasteiger partial charge is 0.497 e. The minimum absolute atomic E-state index is 0.312. The van der Waals surface area contributed by atoms with Crippen LogP contribution in [0.3, 0.4) is 0 Å². The maximum atomic E-state index is 10.9. The summed E-state index contributed by atoms with van der Waals surface area (Å²) in [6.07, 6.45) is 1.77. The Morgan fingerprint density at radius 1 is 0.897 bits per heavy atom. The summed E-state index contributed by atoms with van der Waals surface area (Å²) in [5.41, 5.74) is 1.86. The van der Waals surface area contributed by atoms with Crippen molar-refractivity contribution < 1.29 is 19.0 Å². The normalized spacial score (nSPS) is 9.97. The summed E-state index contributed by atoms with van der Waals surface area (Å²) in [5.74, 6) is 7.55. The number of fused-ring (bicyclic) bond motifs is 1. The Bertz CT molecular complexity index is 1060. The van der Waals surface area contributed by atoms with E-state index in [9.17, 15) is 4.79 Å². The van der Waals surface area contributed by atoms with E-state index in [4.69, 9.17) is 14.2 Å². The van der Waals surface area contributed by atoms with E-state index < -0.39 is 5.97 Å². The zero-order valence-electron chi connectivity index (χ0n) is 16.3. The number of esters is 1. The van der Waals surface area contributed by atoms with E-state index in [-0.39, 0.29) is 0 Å². The molecule has 0 unspecified atom stereocenters. The Hall–Kier alpha value is -3.71. The van der Waals surface area contributed by atoms with Gasteiger partial charge in [-0.15, -0.1) is 0 Å². The van der Waals surface area contributed by atoms with Gasteiger partial charge in [0.05, 0.1) is 20.3 Å². The van der Waals surface area contributed by atoms with Gasteiger partial charge in [0, 0.05) is 23.6 Å². The molecule has 0 radical (unpaired) electrons. The van der Waals surface area contributed by atoms with E-state index in [0.717, 1.165) is 39.5 Å². The summed E-state index contributed by atoms with van der Waals surface area (Å²) in [6.45, 7) is 4.13. The van der Waals surface area contributed by atoms with Crippen LogP contribution in [0.5, 0.6) is 11.5 Å².